The van der Waals surface area contributed by atoms with E-state index in [0.717, 1.165) is 32.6 Å². The molecule has 2 fully saturated rings. The van der Waals surface area contributed by atoms with Gasteiger partial charge in [0.15, 0.2) is 0 Å². The maximum atomic E-state index is 12.2. The van der Waals surface area contributed by atoms with E-state index in [2.05, 4.69) is 97.6 Å². The number of nitrogens with zero attached hydrogens (tertiary/aromatic N) is 2. The van der Waals surface area contributed by atoms with Crippen LogP contribution in [0.3, 0.4) is 0 Å². The molecule has 1 atom stereocenters. The average molecular weight is 534 g/mol. The van der Waals surface area contributed by atoms with Crippen molar-refractivity contribution >= 4 is 22.6 Å². The average Bonchev–Trinajstić information content (AvgIpc) is 3.50. The smallest absolute Gasteiger partial charge is 0.319 e. The molecule has 2 saturated heterocycles. The summed E-state index contributed by atoms with van der Waals surface area (Å²) in [4.78, 5) is 27.3. The summed E-state index contributed by atoms with van der Waals surface area (Å²) in [6, 6.07) is 23.4. The first kappa shape index (κ1) is 32.0. The van der Waals surface area contributed by atoms with Crippen LogP contribution in [0.15, 0.2) is 66.7 Å². The van der Waals surface area contributed by atoms with Crippen molar-refractivity contribution in [1.82, 2.24) is 15.1 Å². The molecular weight excluding hydrogens is 486 g/mol. The highest BCUT2D eigenvalue weighted by atomic mass is 16.5. The van der Waals surface area contributed by atoms with E-state index in [-0.39, 0.29) is 17.8 Å². The van der Waals surface area contributed by atoms with Crippen LogP contribution in [0.25, 0.3) is 10.8 Å². The van der Waals surface area contributed by atoms with Crippen molar-refractivity contribution in [2.45, 2.75) is 41.0 Å². The maximum absolute atomic E-state index is 12.2. The lowest BCUT2D eigenvalue weighted by Crippen LogP contribution is -2.51. The van der Waals surface area contributed by atoms with Gasteiger partial charge in [-0.15, -0.1) is 0 Å². The zero-order valence-electron chi connectivity index (χ0n) is 24.7. The maximum Gasteiger partial charge on any atom is 0.319 e. The molecule has 0 saturated carbocycles. The summed E-state index contributed by atoms with van der Waals surface area (Å²) < 4.78 is 4.64. The standard InChI is InChI=1S/C12H21N3O3.C11H10.C8H10.C2H6/c1-18-11(16)9-14-4-6-15(7-5-14)12(17)10-2-3-13-8-10;1-9-6-7-10-4-2-3-5-11(10)8-9;1-7-4-3-5-8(2)6-7;1-2/h10,13H,2-9H2,1H3;2-8H,1H3;3-6H,1-2H3;1-2H3. The highest BCUT2D eigenvalue weighted by molar-refractivity contribution is 5.83. The molecule has 1 amide bonds. The third-order valence-corrected chi connectivity index (χ3v) is 6.75. The molecule has 5 rings (SSSR count). The Morgan fingerprint density at radius 3 is 1.97 bits per heavy atom. The van der Waals surface area contributed by atoms with Crippen molar-refractivity contribution < 1.29 is 14.3 Å². The molecule has 1 unspecified atom stereocenters. The van der Waals surface area contributed by atoms with Gasteiger partial charge in [-0.25, -0.2) is 0 Å². The van der Waals surface area contributed by atoms with Gasteiger partial charge in [0.2, 0.25) is 5.91 Å². The molecular formula is C33H47N3O3. The van der Waals surface area contributed by atoms with E-state index in [1.165, 1.54) is 34.6 Å². The Morgan fingerprint density at radius 1 is 0.821 bits per heavy atom. The number of carbonyl (C=O) groups is 2. The monoisotopic (exact) mass is 533 g/mol. The number of hydrogen-bond acceptors (Lipinski definition) is 5. The molecule has 6 nitrogen and oxygen atoms in total. The largest absolute Gasteiger partial charge is 0.468 e. The van der Waals surface area contributed by atoms with Gasteiger partial charge in [-0.3, -0.25) is 14.5 Å². The molecule has 0 radical (unpaired) electrons. The second-order valence-electron chi connectivity index (χ2n) is 9.88. The zero-order valence-corrected chi connectivity index (χ0v) is 24.7. The van der Waals surface area contributed by atoms with Crippen LogP contribution in [-0.2, 0) is 14.3 Å². The Labute approximate surface area is 235 Å². The number of carbonyl (C=O) groups excluding carboxylic acids is 2. The number of hydrogen-bond donors (Lipinski definition) is 1. The molecule has 0 aliphatic carbocycles. The molecule has 3 aromatic carbocycles. The minimum Gasteiger partial charge on any atom is -0.468 e. The van der Waals surface area contributed by atoms with Crippen LogP contribution < -0.4 is 5.32 Å². The van der Waals surface area contributed by atoms with Crippen LogP contribution >= 0.6 is 0 Å². The molecule has 39 heavy (non-hydrogen) atoms. The summed E-state index contributed by atoms with van der Waals surface area (Å²) in [6.07, 6.45) is 0.946. The number of nitrogens with one attached hydrogen (secondary N) is 1. The van der Waals surface area contributed by atoms with Crippen LogP contribution in [0, 0.1) is 26.7 Å². The van der Waals surface area contributed by atoms with Crippen molar-refractivity contribution in [3.05, 3.63) is 83.4 Å². The van der Waals surface area contributed by atoms with Gasteiger partial charge >= 0.3 is 5.97 Å². The summed E-state index contributed by atoms with van der Waals surface area (Å²) in [5.74, 6) is 0.199. The molecule has 2 aliphatic rings. The first-order chi connectivity index (χ1) is 18.9. The third kappa shape index (κ3) is 11.2. The van der Waals surface area contributed by atoms with Crippen molar-refractivity contribution in [1.29, 1.82) is 0 Å². The van der Waals surface area contributed by atoms with Crippen molar-refractivity contribution in [2.75, 3.05) is 52.9 Å². The van der Waals surface area contributed by atoms with E-state index in [9.17, 15) is 9.59 Å². The first-order valence-corrected chi connectivity index (χ1v) is 14.1. The van der Waals surface area contributed by atoms with E-state index in [4.69, 9.17) is 0 Å². The van der Waals surface area contributed by atoms with Crippen molar-refractivity contribution in [3.8, 4) is 0 Å². The fraction of sp³-hybridized carbons (Fsp3) is 0.455. The van der Waals surface area contributed by atoms with Gasteiger partial charge in [-0.1, -0.05) is 97.3 Å². The van der Waals surface area contributed by atoms with Gasteiger partial charge in [0.1, 0.15) is 0 Å². The highest BCUT2D eigenvalue weighted by Gasteiger charge is 2.29. The summed E-state index contributed by atoms with van der Waals surface area (Å²) in [7, 11) is 1.40. The minimum absolute atomic E-state index is 0.150. The summed E-state index contributed by atoms with van der Waals surface area (Å²) >= 11 is 0. The number of piperazine rings is 1. The Kier molecular flexibility index (Phi) is 14.3. The quantitative estimate of drug-likeness (QED) is 0.458. The van der Waals surface area contributed by atoms with Crippen LogP contribution in [0.2, 0.25) is 0 Å². The predicted molar refractivity (Wildman–Crippen MR) is 162 cm³/mol. The van der Waals surface area contributed by atoms with Crippen LogP contribution in [-0.4, -0.2) is 74.6 Å². The number of ether oxygens (including phenoxy) is 1. The van der Waals surface area contributed by atoms with Gasteiger partial charge < -0.3 is 15.0 Å². The number of amides is 1. The number of fused-ring (bicyclic) bond motifs is 1. The highest BCUT2D eigenvalue weighted by Crippen LogP contribution is 2.15. The molecule has 2 heterocycles. The Balaban J connectivity index is 0.000000216. The summed E-state index contributed by atoms with van der Waals surface area (Å²) in [6.45, 7) is 15.3. The lowest BCUT2D eigenvalue weighted by atomic mass is 10.1. The SMILES string of the molecule is CC.COC(=O)CN1CCN(C(=O)C2CCNC2)CC1.Cc1ccc2ccccc2c1.Cc1cccc(C)c1. The topological polar surface area (TPSA) is 61.9 Å². The van der Waals surface area contributed by atoms with Crippen molar-refractivity contribution in [3.63, 3.8) is 0 Å². The lowest BCUT2D eigenvalue weighted by Gasteiger charge is -2.35. The van der Waals surface area contributed by atoms with Crippen LogP contribution in [0.4, 0.5) is 0 Å². The molecule has 6 heteroatoms. The van der Waals surface area contributed by atoms with E-state index in [0.29, 0.717) is 19.6 Å². The van der Waals surface area contributed by atoms with Crippen LogP contribution in [0.1, 0.15) is 37.0 Å². The van der Waals surface area contributed by atoms with Gasteiger partial charge in [-0.05, 0) is 44.5 Å². The molecule has 0 bridgehead atoms. The fourth-order valence-corrected chi connectivity index (χ4v) is 4.61. The predicted octanol–water partition coefficient (Wildman–Crippen LogP) is 5.39. The van der Waals surface area contributed by atoms with E-state index in [1.807, 2.05) is 23.6 Å². The Morgan fingerprint density at radius 2 is 1.44 bits per heavy atom. The van der Waals surface area contributed by atoms with Gasteiger partial charge in [-0.2, -0.15) is 0 Å². The second kappa shape index (κ2) is 17.4. The van der Waals surface area contributed by atoms with Gasteiger partial charge in [0, 0.05) is 32.7 Å². The van der Waals surface area contributed by atoms with Crippen molar-refractivity contribution in [2.24, 2.45) is 5.92 Å². The zero-order chi connectivity index (χ0) is 28.6. The molecule has 0 spiro atoms. The lowest BCUT2D eigenvalue weighted by molar-refractivity contribution is -0.143. The summed E-state index contributed by atoms with van der Waals surface area (Å²) in [5.41, 5.74) is 4.00. The number of benzene rings is 3. The Bertz CT molecular complexity index is 1130. The normalized spacial score (nSPS) is 16.6. The fourth-order valence-electron chi connectivity index (χ4n) is 4.61. The summed E-state index contributed by atoms with van der Waals surface area (Å²) in [5, 5.41) is 5.86. The minimum atomic E-state index is -0.213. The molecule has 3 aromatic rings. The molecule has 1 N–H and O–H groups in total. The number of methoxy groups -OCH3 is 1. The third-order valence-electron chi connectivity index (χ3n) is 6.75. The van der Waals surface area contributed by atoms with Crippen LogP contribution in [0.5, 0.6) is 0 Å². The Hall–Kier alpha value is -3.22. The van der Waals surface area contributed by atoms with E-state index >= 15 is 0 Å². The van der Waals surface area contributed by atoms with Gasteiger partial charge in [0.05, 0.1) is 19.6 Å². The van der Waals surface area contributed by atoms with Gasteiger partial charge in [0.25, 0.3) is 0 Å². The molecule has 0 aromatic heterocycles. The van der Waals surface area contributed by atoms with E-state index in [1.54, 1.807) is 0 Å². The molecule has 212 valence electrons. The second-order valence-corrected chi connectivity index (χ2v) is 9.88. The van der Waals surface area contributed by atoms with E-state index < -0.39 is 0 Å². The number of esters is 1. The number of aryl methyl sites for hydroxylation is 3. The molecule has 2 aliphatic heterocycles. The first-order valence-electron chi connectivity index (χ1n) is 14.1. The number of rotatable bonds is 3.